The van der Waals surface area contributed by atoms with E-state index in [1.54, 1.807) is 0 Å². The molecule has 22 heavy (non-hydrogen) atoms. The molecule has 0 radical (unpaired) electrons. The van der Waals surface area contributed by atoms with Gasteiger partial charge in [-0.25, -0.2) is 10.2 Å². The highest BCUT2D eigenvalue weighted by Crippen LogP contribution is 2.03. The summed E-state index contributed by atoms with van der Waals surface area (Å²) < 4.78 is 4.64. The molecule has 0 heterocycles. The van der Waals surface area contributed by atoms with Gasteiger partial charge in [-0.2, -0.15) is 0 Å². The number of nitrogens with one attached hydrogen (secondary N) is 3. The average Bonchev–Trinajstić information content (AvgIpc) is 2.50. The molecule has 0 aliphatic heterocycles. The van der Waals surface area contributed by atoms with Crippen molar-refractivity contribution in [1.82, 2.24) is 16.2 Å². The van der Waals surface area contributed by atoms with E-state index in [-0.39, 0.29) is 18.4 Å². The second-order valence-electron chi connectivity index (χ2n) is 4.38. The highest BCUT2D eigenvalue weighted by Gasteiger charge is 2.20. The van der Waals surface area contributed by atoms with Crippen molar-refractivity contribution < 1.29 is 19.1 Å². The molecule has 0 aliphatic rings. The van der Waals surface area contributed by atoms with Gasteiger partial charge >= 0.3 is 6.09 Å². The van der Waals surface area contributed by atoms with Crippen molar-refractivity contribution in [3.05, 3.63) is 35.9 Å². The van der Waals surface area contributed by atoms with Crippen molar-refractivity contribution in [2.45, 2.75) is 19.4 Å². The SMILES string of the molecule is CC(=O)N[C@@H](Cc1ccccc1)C(=O)NNC(=O)OCCCl. The molecule has 120 valence electrons. The minimum Gasteiger partial charge on any atom is -0.447 e. The van der Waals surface area contributed by atoms with E-state index < -0.39 is 18.0 Å². The number of amides is 3. The molecule has 0 saturated carbocycles. The quantitative estimate of drug-likeness (QED) is 0.530. The summed E-state index contributed by atoms with van der Waals surface area (Å²) in [6.07, 6.45) is -0.528. The first-order chi connectivity index (χ1) is 10.5. The molecule has 0 saturated heterocycles. The molecule has 1 aromatic carbocycles. The highest BCUT2D eigenvalue weighted by molar-refractivity contribution is 6.18. The van der Waals surface area contributed by atoms with Gasteiger partial charge in [0.25, 0.3) is 5.91 Å². The summed E-state index contributed by atoms with van der Waals surface area (Å²) in [5, 5.41) is 2.53. The highest BCUT2D eigenvalue weighted by atomic mass is 35.5. The summed E-state index contributed by atoms with van der Waals surface area (Å²) >= 11 is 5.37. The Balaban J connectivity index is 2.57. The van der Waals surface area contributed by atoms with Gasteiger partial charge in [-0.05, 0) is 5.56 Å². The van der Waals surface area contributed by atoms with E-state index in [4.69, 9.17) is 11.6 Å². The van der Waals surface area contributed by atoms with Crippen molar-refractivity contribution in [2.24, 2.45) is 0 Å². The number of hydrogen-bond donors (Lipinski definition) is 3. The lowest BCUT2D eigenvalue weighted by Crippen LogP contribution is -2.53. The van der Waals surface area contributed by atoms with Gasteiger partial charge in [0.05, 0.1) is 5.88 Å². The number of hydrazine groups is 1. The number of hydrogen-bond acceptors (Lipinski definition) is 4. The van der Waals surface area contributed by atoms with Gasteiger partial charge in [0.1, 0.15) is 12.6 Å². The summed E-state index contributed by atoms with van der Waals surface area (Å²) in [6.45, 7) is 1.34. The first kappa shape index (κ1) is 17.8. The van der Waals surface area contributed by atoms with Gasteiger partial charge in [-0.15, -0.1) is 11.6 Å². The molecule has 0 bridgehead atoms. The molecular formula is C14H18ClN3O4. The normalized spacial score (nSPS) is 11.2. The lowest BCUT2D eigenvalue weighted by molar-refractivity contribution is -0.128. The number of benzene rings is 1. The molecule has 1 aromatic rings. The Morgan fingerprint density at radius 3 is 2.45 bits per heavy atom. The van der Waals surface area contributed by atoms with Gasteiger partial charge in [0.15, 0.2) is 0 Å². The lowest BCUT2D eigenvalue weighted by Gasteiger charge is -2.17. The van der Waals surface area contributed by atoms with Gasteiger partial charge in [-0.1, -0.05) is 30.3 Å². The van der Waals surface area contributed by atoms with Crippen molar-refractivity contribution in [1.29, 1.82) is 0 Å². The minimum absolute atomic E-state index is 0.0302. The third kappa shape index (κ3) is 6.94. The van der Waals surface area contributed by atoms with Crippen LogP contribution < -0.4 is 16.2 Å². The molecule has 0 aromatic heterocycles. The van der Waals surface area contributed by atoms with Gasteiger partial charge in [0.2, 0.25) is 5.91 Å². The van der Waals surface area contributed by atoms with E-state index in [0.717, 1.165) is 5.56 Å². The lowest BCUT2D eigenvalue weighted by atomic mass is 10.1. The maximum absolute atomic E-state index is 12.0. The second-order valence-corrected chi connectivity index (χ2v) is 4.76. The molecule has 1 atom stereocenters. The Kier molecular flexibility index (Phi) is 7.77. The fourth-order valence-corrected chi connectivity index (χ4v) is 1.75. The Hall–Kier alpha value is -2.28. The molecule has 3 N–H and O–H groups in total. The predicted octanol–water partition coefficient (Wildman–Crippen LogP) is 0.730. The van der Waals surface area contributed by atoms with Crippen molar-refractivity contribution in [3.8, 4) is 0 Å². The zero-order valence-corrected chi connectivity index (χ0v) is 12.9. The van der Waals surface area contributed by atoms with Gasteiger partial charge in [0, 0.05) is 13.3 Å². The average molecular weight is 328 g/mol. The van der Waals surface area contributed by atoms with E-state index in [0.29, 0.717) is 6.42 Å². The summed E-state index contributed by atoms with van der Waals surface area (Å²) in [7, 11) is 0. The fourth-order valence-electron chi connectivity index (χ4n) is 1.67. The fraction of sp³-hybridized carbons (Fsp3) is 0.357. The summed E-state index contributed by atoms with van der Waals surface area (Å²) in [6, 6.07) is 8.38. The van der Waals surface area contributed by atoms with Gasteiger partial charge in [-0.3, -0.25) is 15.0 Å². The second kappa shape index (κ2) is 9.62. The monoisotopic (exact) mass is 327 g/mol. The molecule has 0 spiro atoms. The molecule has 8 heteroatoms. The number of halogens is 1. The largest absolute Gasteiger partial charge is 0.447 e. The minimum atomic E-state index is -0.824. The van der Waals surface area contributed by atoms with Crippen LogP contribution in [0.3, 0.4) is 0 Å². The first-order valence-corrected chi connectivity index (χ1v) is 7.16. The van der Waals surface area contributed by atoms with Crippen molar-refractivity contribution in [2.75, 3.05) is 12.5 Å². The maximum atomic E-state index is 12.0. The van der Waals surface area contributed by atoms with Crippen LogP contribution in [0.25, 0.3) is 0 Å². The predicted molar refractivity (Wildman–Crippen MR) is 81.1 cm³/mol. The molecule has 7 nitrogen and oxygen atoms in total. The van der Waals surface area contributed by atoms with Crippen LogP contribution in [0.1, 0.15) is 12.5 Å². The van der Waals surface area contributed by atoms with Crippen LogP contribution >= 0.6 is 11.6 Å². The zero-order chi connectivity index (χ0) is 16.4. The maximum Gasteiger partial charge on any atom is 0.426 e. The van der Waals surface area contributed by atoms with Crippen LogP contribution in [0.2, 0.25) is 0 Å². The zero-order valence-electron chi connectivity index (χ0n) is 12.1. The molecular weight excluding hydrogens is 310 g/mol. The third-order valence-corrected chi connectivity index (χ3v) is 2.73. The Morgan fingerprint density at radius 1 is 1.18 bits per heavy atom. The Bertz CT molecular complexity index is 510. The third-order valence-electron chi connectivity index (χ3n) is 2.57. The van der Waals surface area contributed by atoms with Crippen LogP contribution in [0, 0.1) is 0 Å². The number of carbonyl (C=O) groups is 3. The van der Waals surface area contributed by atoms with Crippen LogP contribution in [-0.2, 0) is 20.7 Å². The summed E-state index contributed by atoms with van der Waals surface area (Å²) in [5.41, 5.74) is 5.16. The molecule has 0 aliphatic carbocycles. The van der Waals surface area contributed by atoms with E-state index in [1.807, 2.05) is 30.3 Å². The van der Waals surface area contributed by atoms with E-state index >= 15 is 0 Å². The van der Waals surface area contributed by atoms with Crippen LogP contribution in [0.5, 0.6) is 0 Å². The summed E-state index contributed by atoms with van der Waals surface area (Å²) in [4.78, 5) is 34.5. The Morgan fingerprint density at radius 2 is 1.86 bits per heavy atom. The first-order valence-electron chi connectivity index (χ1n) is 6.62. The van der Waals surface area contributed by atoms with E-state index in [9.17, 15) is 14.4 Å². The van der Waals surface area contributed by atoms with Crippen LogP contribution in [0.15, 0.2) is 30.3 Å². The smallest absolute Gasteiger partial charge is 0.426 e. The van der Waals surface area contributed by atoms with E-state index in [1.165, 1.54) is 6.92 Å². The van der Waals surface area contributed by atoms with Crippen LogP contribution in [0.4, 0.5) is 4.79 Å². The van der Waals surface area contributed by atoms with Crippen molar-refractivity contribution >= 4 is 29.5 Å². The topological polar surface area (TPSA) is 96.5 Å². The van der Waals surface area contributed by atoms with Gasteiger partial charge < -0.3 is 10.1 Å². The number of alkyl halides is 1. The molecule has 3 amide bonds. The molecule has 0 fully saturated rings. The number of rotatable bonds is 6. The van der Waals surface area contributed by atoms with Crippen LogP contribution in [-0.4, -0.2) is 36.4 Å². The van der Waals surface area contributed by atoms with E-state index in [2.05, 4.69) is 20.9 Å². The summed E-state index contributed by atoms with van der Waals surface area (Å²) in [5.74, 6) is -0.744. The molecule has 1 rings (SSSR count). The van der Waals surface area contributed by atoms with Crippen molar-refractivity contribution in [3.63, 3.8) is 0 Å². The molecule has 0 unspecified atom stereocenters. The number of ether oxygens (including phenoxy) is 1. The standard InChI is InChI=1S/C14H18ClN3O4/c1-10(19)16-12(9-11-5-3-2-4-6-11)13(20)17-18-14(21)22-8-7-15/h2-6,12H,7-9H2,1H3,(H,16,19)(H,17,20)(H,18,21)/t12-/m0/s1. The Labute approximate surface area is 133 Å². The number of carbonyl (C=O) groups excluding carboxylic acids is 3.